The van der Waals surface area contributed by atoms with Crippen LogP contribution in [-0.4, -0.2) is 32.0 Å². The zero-order valence-electron chi connectivity index (χ0n) is 6.29. The Balaban J connectivity index is 2.80. The summed E-state index contributed by atoms with van der Waals surface area (Å²) in [6.45, 7) is 4.27. The lowest BCUT2D eigenvalue weighted by molar-refractivity contribution is 0.493. The minimum Gasteiger partial charge on any atom is -0.312 e. The van der Waals surface area contributed by atoms with Crippen LogP contribution in [0.25, 0.3) is 0 Å². The molecule has 1 aliphatic rings. The van der Waals surface area contributed by atoms with E-state index in [0.29, 0.717) is 12.3 Å². The summed E-state index contributed by atoms with van der Waals surface area (Å²) in [5.74, 6) is 0.290. The highest BCUT2D eigenvalue weighted by atomic mass is 32.2. The van der Waals surface area contributed by atoms with E-state index in [0.717, 1.165) is 0 Å². The zero-order valence-corrected chi connectivity index (χ0v) is 7.11. The molecule has 0 saturated carbocycles. The maximum Gasteiger partial charge on any atom is 0.155 e. The van der Waals surface area contributed by atoms with Gasteiger partial charge in [-0.1, -0.05) is 0 Å². The molecule has 1 heterocycles. The Morgan fingerprint density at radius 1 is 1.40 bits per heavy atom. The van der Waals surface area contributed by atoms with E-state index in [4.69, 9.17) is 0 Å². The second-order valence-electron chi connectivity index (χ2n) is 2.81. The Labute approximate surface area is 61.7 Å². The fourth-order valence-electron chi connectivity index (χ4n) is 1.09. The first-order valence-electron chi connectivity index (χ1n) is 3.49. The third-order valence-corrected chi connectivity index (χ3v) is 4.44. The van der Waals surface area contributed by atoms with Crippen molar-refractivity contribution in [2.24, 2.45) is 0 Å². The second-order valence-corrected chi connectivity index (χ2v) is 5.29. The molecule has 1 fully saturated rings. The van der Waals surface area contributed by atoms with Crippen molar-refractivity contribution in [3.63, 3.8) is 0 Å². The lowest BCUT2D eigenvalue weighted by Gasteiger charge is -2.26. The first kappa shape index (κ1) is 8.01. The molecule has 3 nitrogen and oxygen atoms in total. The monoisotopic (exact) mass is 163 g/mol. The van der Waals surface area contributed by atoms with Gasteiger partial charge in [-0.2, -0.15) is 0 Å². The molecule has 0 aromatic heterocycles. The molecule has 1 N–H and O–H groups in total. The van der Waals surface area contributed by atoms with E-state index in [2.05, 4.69) is 5.32 Å². The van der Waals surface area contributed by atoms with Crippen molar-refractivity contribution in [2.45, 2.75) is 25.1 Å². The van der Waals surface area contributed by atoms with Crippen molar-refractivity contribution in [1.82, 2.24) is 5.32 Å². The predicted octanol–water partition coefficient (Wildman–Crippen LogP) is -0.219. The molecule has 60 valence electrons. The molecule has 1 rings (SSSR count). The summed E-state index contributed by atoms with van der Waals surface area (Å²) in [6.07, 6.45) is 0. The third kappa shape index (κ3) is 1.32. The molecule has 0 bridgehead atoms. The number of nitrogens with one attached hydrogen (secondary N) is 1. The second kappa shape index (κ2) is 2.51. The van der Waals surface area contributed by atoms with Gasteiger partial charge in [0.2, 0.25) is 0 Å². The van der Waals surface area contributed by atoms with Gasteiger partial charge in [0.1, 0.15) is 0 Å². The molecule has 0 aromatic carbocycles. The van der Waals surface area contributed by atoms with E-state index in [9.17, 15) is 8.42 Å². The van der Waals surface area contributed by atoms with Crippen molar-refractivity contribution in [3.8, 4) is 0 Å². The molecular formula is C6H13NO2S. The molecule has 0 amide bonds. The van der Waals surface area contributed by atoms with E-state index < -0.39 is 9.84 Å². The summed E-state index contributed by atoms with van der Waals surface area (Å²) < 4.78 is 22.3. The fourth-order valence-corrected chi connectivity index (χ4v) is 2.58. The van der Waals surface area contributed by atoms with Crippen molar-refractivity contribution < 1.29 is 8.42 Å². The van der Waals surface area contributed by atoms with Gasteiger partial charge in [0.05, 0.1) is 11.0 Å². The van der Waals surface area contributed by atoms with E-state index in [-0.39, 0.29) is 11.3 Å². The summed E-state index contributed by atoms with van der Waals surface area (Å²) in [6, 6.07) is 0.110. The van der Waals surface area contributed by atoms with Crippen LogP contribution in [0.5, 0.6) is 0 Å². The Morgan fingerprint density at radius 2 is 2.00 bits per heavy atom. The first-order chi connectivity index (χ1) is 4.54. The number of hydrogen-bond acceptors (Lipinski definition) is 3. The Hall–Kier alpha value is -0.0900. The highest BCUT2D eigenvalue weighted by molar-refractivity contribution is 7.92. The standard InChI is InChI=1S/C6H13NO2S/c1-5-6(2)10(8,9)4-3-7-5/h5-7H,3-4H2,1-2H3/t5-,6+/m1/s1. The first-order valence-corrected chi connectivity index (χ1v) is 5.20. The highest BCUT2D eigenvalue weighted by Gasteiger charge is 2.29. The van der Waals surface area contributed by atoms with Gasteiger partial charge in [0.25, 0.3) is 0 Å². The van der Waals surface area contributed by atoms with Gasteiger partial charge < -0.3 is 5.32 Å². The van der Waals surface area contributed by atoms with Gasteiger partial charge in [0, 0.05) is 12.6 Å². The van der Waals surface area contributed by atoms with Crippen LogP contribution in [-0.2, 0) is 9.84 Å². The summed E-state index contributed by atoms with van der Waals surface area (Å²) >= 11 is 0. The minimum absolute atomic E-state index is 0.110. The molecule has 0 unspecified atom stereocenters. The largest absolute Gasteiger partial charge is 0.312 e. The average molecular weight is 163 g/mol. The molecule has 1 aliphatic heterocycles. The predicted molar refractivity (Wildman–Crippen MR) is 40.7 cm³/mol. The highest BCUT2D eigenvalue weighted by Crippen LogP contribution is 2.10. The molecule has 2 atom stereocenters. The summed E-state index contributed by atoms with van der Waals surface area (Å²) in [7, 11) is -2.77. The van der Waals surface area contributed by atoms with Gasteiger partial charge in [-0.05, 0) is 13.8 Å². The van der Waals surface area contributed by atoms with Crippen molar-refractivity contribution >= 4 is 9.84 Å². The molecule has 0 spiro atoms. The number of rotatable bonds is 0. The van der Waals surface area contributed by atoms with Crippen molar-refractivity contribution in [1.29, 1.82) is 0 Å². The van der Waals surface area contributed by atoms with Gasteiger partial charge in [-0.3, -0.25) is 0 Å². The summed E-state index contributed by atoms with van der Waals surface area (Å²) in [4.78, 5) is 0. The van der Waals surface area contributed by atoms with Crippen LogP contribution in [0.1, 0.15) is 13.8 Å². The molecule has 4 heteroatoms. The van der Waals surface area contributed by atoms with Crippen LogP contribution < -0.4 is 5.32 Å². The number of hydrogen-bond donors (Lipinski definition) is 1. The van der Waals surface area contributed by atoms with Gasteiger partial charge in [-0.25, -0.2) is 8.42 Å². The Morgan fingerprint density at radius 3 is 2.40 bits per heavy atom. The van der Waals surface area contributed by atoms with Crippen LogP contribution in [0.3, 0.4) is 0 Å². The van der Waals surface area contributed by atoms with E-state index in [1.165, 1.54) is 0 Å². The van der Waals surface area contributed by atoms with Crippen LogP contribution in [0.15, 0.2) is 0 Å². The van der Waals surface area contributed by atoms with Crippen LogP contribution in [0.4, 0.5) is 0 Å². The maximum atomic E-state index is 11.2. The summed E-state index contributed by atoms with van der Waals surface area (Å²) in [5, 5.41) is 2.89. The minimum atomic E-state index is -2.77. The maximum absolute atomic E-state index is 11.2. The number of sulfone groups is 1. The van der Waals surface area contributed by atoms with Gasteiger partial charge >= 0.3 is 0 Å². The summed E-state index contributed by atoms with van der Waals surface area (Å²) in [5.41, 5.74) is 0. The zero-order chi connectivity index (χ0) is 7.78. The van der Waals surface area contributed by atoms with Gasteiger partial charge in [-0.15, -0.1) is 0 Å². The van der Waals surface area contributed by atoms with Crippen molar-refractivity contribution in [3.05, 3.63) is 0 Å². The normalized spacial score (nSPS) is 39.4. The fraction of sp³-hybridized carbons (Fsp3) is 1.00. The van der Waals surface area contributed by atoms with Crippen LogP contribution in [0.2, 0.25) is 0 Å². The average Bonchev–Trinajstić information content (AvgIpc) is 1.83. The SMILES string of the molecule is C[C@H]1NCCS(=O)(=O)[C@H]1C. The molecule has 0 aromatic rings. The van der Waals surface area contributed by atoms with Crippen LogP contribution in [0, 0.1) is 0 Å². The smallest absolute Gasteiger partial charge is 0.155 e. The van der Waals surface area contributed by atoms with Crippen molar-refractivity contribution in [2.75, 3.05) is 12.3 Å². The Kier molecular flexibility index (Phi) is 2.01. The lowest BCUT2D eigenvalue weighted by Crippen LogP contribution is -2.49. The third-order valence-electron chi connectivity index (χ3n) is 2.12. The van der Waals surface area contributed by atoms with E-state index >= 15 is 0 Å². The topological polar surface area (TPSA) is 46.2 Å². The molecule has 10 heavy (non-hydrogen) atoms. The molecule has 1 saturated heterocycles. The van der Waals surface area contributed by atoms with Gasteiger partial charge in [0.15, 0.2) is 9.84 Å². The lowest BCUT2D eigenvalue weighted by atomic mass is 10.2. The molecule has 0 radical (unpaired) electrons. The molecule has 0 aliphatic carbocycles. The van der Waals surface area contributed by atoms with E-state index in [1.54, 1.807) is 6.92 Å². The Bertz CT molecular complexity index is 210. The van der Waals surface area contributed by atoms with E-state index in [1.807, 2.05) is 6.92 Å². The quantitative estimate of drug-likeness (QED) is 0.537. The van der Waals surface area contributed by atoms with Crippen LogP contribution >= 0.6 is 0 Å². The molecular weight excluding hydrogens is 150 g/mol.